The Kier molecular flexibility index (Phi) is 4.06. The molecule has 1 aliphatic heterocycles. The van der Waals surface area contributed by atoms with E-state index in [0.717, 1.165) is 0 Å². The Morgan fingerprint density at radius 3 is 1.68 bits per heavy atom. The lowest BCUT2D eigenvalue weighted by Gasteiger charge is -2.52. The maximum atomic E-state index is 2.68. The first-order valence-electron chi connectivity index (χ1n) is 8.10. The molecule has 0 atom stereocenters. The summed E-state index contributed by atoms with van der Waals surface area (Å²) in [7, 11) is 4.50. The van der Waals surface area contributed by atoms with Crippen LogP contribution in [0.1, 0.15) is 66.2 Å². The minimum Gasteiger partial charge on any atom is -0.304 e. The van der Waals surface area contributed by atoms with Crippen LogP contribution in [0, 0.1) is 5.41 Å². The molecule has 2 fully saturated rings. The predicted octanol–water partition coefficient (Wildman–Crippen LogP) is 3.76. The van der Waals surface area contributed by atoms with E-state index in [9.17, 15) is 0 Å². The smallest absolute Gasteiger partial charge is 0.0175 e. The van der Waals surface area contributed by atoms with Crippen LogP contribution in [0.4, 0.5) is 0 Å². The normalized spacial score (nSPS) is 27.9. The topological polar surface area (TPSA) is 6.48 Å². The van der Waals surface area contributed by atoms with E-state index in [-0.39, 0.29) is 0 Å². The summed E-state index contributed by atoms with van der Waals surface area (Å²) in [6.07, 6.45) is 8.51. The summed E-state index contributed by atoms with van der Waals surface area (Å²) in [5, 5.41) is 0. The quantitative estimate of drug-likeness (QED) is 0.713. The average Bonchev–Trinajstić information content (AvgIpc) is 2.33. The van der Waals surface area contributed by atoms with Crippen LogP contribution in [0.15, 0.2) is 0 Å². The van der Waals surface area contributed by atoms with Crippen LogP contribution in [0.2, 0.25) is 0 Å². The minimum absolute atomic E-state index is 0.356. The molecule has 2 nitrogen and oxygen atoms in total. The first-order chi connectivity index (χ1) is 8.67. The Balaban J connectivity index is 1.92. The first kappa shape index (κ1) is 15.3. The third kappa shape index (κ3) is 3.16. The van der Waals surface area contributed by atoms with E-state index in [4.69, 9.17) is 0 Å². The van der Waals surface area contributed by atoms with Gasteiger partial charge < -0.3 is 4.90 Å². The number of nitrogens with zero attached hydrogens (tertiary/aromatic N) is 2. The van der Waals surface area contributed by atoms with Crippen molar-refractivity contribution in [3.63, 3.8) is 0 Å². The third-order valence-electron chi connectivity index (χ3n) is 6.24. The molecule has 0 unspecified atom stereocenters. The molecule has 0 amide bonds. The van der Waals surface area contributed by atoms with Gasteiger partial charge in [0.05, 0.1) is 0 Å². The molecule has 1 aliphatic carbocycles. The first-order valence-corrected chi connectivity index (χ1v) is 8.10. The van der Waals surface area contributed by atoms with Gasteiger partial charge in [-0.2, -0.15) is 0 Å². The summed E-state index contributed by atoms with van der Waals surface area (Å²) in [6.45, 7) is 12.1. The molecule has 1 spiro atoms. The standard InChI is InChI=1S/C17H34N2/c1-15(2,3)19-13-11-17(12-14-19)9-7-16(4,8-10-17)18(5)6/h7-14H2,1-6H3. The van der Waals surface area contributed by atoms with Crippen LogP contribution in [-0.2, 0) is 0 Å². The van der Waals surface area contributed by atoms with Gasteiger partial charge in [0, 0.05) is 11.1 Å². The number of likely N-dealkylation sites (tertiary alicyclic amines) is 1. The van der Waals surface area contributed by atoms with Crippen molar-refractivity contribution in [3.05, 3.63) is 0 Å². The van der Waals surface area contributed by atoms with Gasteiger partial charge in [-0.15, -0.1) is 0 Å². The highest BCUT2D eigenvalue weighted by Crippen LogP contribution is 2.49. The maximum absolute atomic E-state index is 2.68. The molecule has 2 aliphatic rings. The van der Waals surface area contributed by atoms with E-state index in [1.165, 1.54) is 51.6 Å². The second-order valence-electron chi connectivity index (χ2n) is 8.55. The molecule has 1 saturated heterocycles. The Bertz CT molecular complexity index is 296. The summed E-state index contributed by atoms with van der Waals surface area (Å²) >= 11 is 0. The van der Waals surface area contributed by atoms with Gasteiger partial charge in [0.15, 0.2) is 0 Å². The number of hydrogen-bond donors (Lipinski definition) is 0. The Labute approximate surface area is 120 Å². The molecule has 1 heterocycles. The highest BCUT2D eigenvalue weighted by molar-refractivity contribution is 4.98. The molecule has 0 aromatic heterocycles. The minimum atomic E-state index is 0.356. The largest absolute Gasteiger partial charge is 0.304 e. The fraction of sp³-hybridized carbons (Fsp3) is 1.00. The van der Waals surface area contributed by atoms with Crippen LogP contribution in [-0.4, -0.2) is 48.1 Å². The van der Waals surface area contributed by atoms with Gasteiger partial charge in [0.1, 0.15) is 0 Å². The second kappa shape index (κ2) is 5.04. The lowest BCUT2D eigenvalue weighted by molar-refractivity contribution is -0.0130. The van der Waals surface area contributed by atoms with Gasteiger partial charge in [0.2, 0.25) is 0 Å². The zero-order valence-corrected chi connectivity index (χ0v) is 14.1. The zero-order valence-electron chi connectivity index (χ0n) is 14.1. The van der Waals surface area contributed by atoms with Gasteiger partial charge in [-0.1, -0.05) is 0 Å². The van der Waals surface area contributed by atoms with Gasteiger partial charge in [0.25, 0.3) is 0 Å². The molecule has 112 valence electrons. The average molecular weight is 266 g/mol. The van der Waals surface area contributed by atoms with Crippen LogP contribution in [0.25, 0.3) is 0 Å². The molecule has 0 aromatic carbocycles. The van der Waals surface area contributed by atoms with Crippen molar-refractivity contribution < 1.29 is 0 Å². The summed E-state index contributed by atoms with van der Waals surface area (Å²) in [5.41, 5.74) is 1.48. The van der Waals surface area contributed by atoms with E-state index in [2.05, 4.69) is 51.6 Å². The molecule has 0 radical (unpaired) electrons. The zero-order chi connectivity index (χ0) is 14.3. The summed E-state index contributed by atoms with van der Waals surface area (Å²) in [6, 6.07) is 0. The predicted molar refractivity (Wildman–Crippen MR) is 83.6 cm³/mol. The number of hydrogen-bond acceptors (Lipinski definition) is 2. The van der Waals surface area contributed by atoms with Crippen molar-refractivity contribution in [2.24, 2.45) is 5.41 Å². The fourth-order valence-corrected chi connectivity index (χ4v) is 3.92. The monoisotopic (exact) mass is 266 g/mol. The van der Waals surface area contributed by atoms with Crippen LogP contribution >= 0.6 is 0 Å². The van der Waals surface area contributed by atoms with E-state index < -0.39 is 0 Å². The third-order valence-corrected chi connectivity index (χ3v) is 6.24. The van der Waals surface area contributed by atoms with Gasteiger partial charge >= 0.3 is 0 Å². The van der Waals surface area contributed by atoms with Gasteiger partial charge in [-0.3, -0.25) is 4.90 Å². The lowest BCUT2D eigenvalue weighted by atomic mass is 9.63. The van der Waals surface area contributed by atoms with Crippen molar-refractivity contribution in [2.45, 2.75) is 77.3 Å². The Morgan fingerprint density at radius 1 is 0.842 bits per heavy atom. The van der Waals surface area contributed by atoms with Crippen molar-refractivity contribution in [1.82, 2.24) is 9.80 Å². The highest BCUT2D eigenvalue weighted by Gasteiger charge is 2.43. The van der Waals surface area contributed by atoms with E-state index >= 15 is 0 Å². The van der Waals surface area contributed by atoms with Crippen molar-refractivity contribution >= 4 is 0 Å². The lowest BCUT2D eigenvalue weighted by Crippen LogP contribution is -2.52. The molecule has 1 saturated carbocycles. The molecule has 0 N–H and O–H groups in total. The SMILES string of the molecule is CN(C)C1(C)CCC2(CCN(C(C)(C)C)CC2)CC1. The molecule has 2 rings (SSSR count). The molecule has 19 heavy (non-hydrogen) atoms. The molecule has 0 aromatic rings. The van der Waals surface area contributed by atoms with Gasteiger partial charge in [-0.25, -0.2) is 0 Å². The van der Waals surface area contributed by atoms with E-state index in [1.807, 2.05) is 0 Å². The highest BCUT2D eigenvalue weighted by atomic mass is 15.2. The Morgan fingerprint density at radius 2 is 1.32 bits per heavy atom. The fourth-order valence-electron chi connectivity index (χ4n) is 3.92. The van der Waals surface area contributed by atoms with E-state index in [1.54, 1.807) is 0 Å². The summed E-state index contributed by atoms with van der Waals surface area (Å²) < 4.78 is 0. The van der Waals surface area contributed by atoms with Crippen LogP contribution < -0.4 is 0 Å². The maximum Gasteiger partial charge on any atom is 0.0175 e. The summed E-state index contributed by atoms with van der Waals surface area (Å²) in [4.78, 5) is 5.13. The second-order valence-corrected chi connectivity index (χ2v) is 8.55. The molecular formula is C17H34N2. The number of rotatable bonds is 1. The summed E-state index contributed by atoms with van der Waals surface area (Å²) in [5.74, 6) is 0. The molecule has 0 bridgehead atoms. The van der Waals surface area contributed by atoms with Crippen molar-refractivity contribution in [2.75, 3.05) is 27.2 Å². The molecular weight excluding hydrogens is 232 g/mol. The van der Waals surface area contributed by atoms with Crippen molar-refractivity contribution in [3.8, 4) is 0 Å². The number of piperidine rings is 1. The van der Waals surface area contributed by atoms with Crippen LogP contribution in [0.5, 0.6) is 0 Å². The van der Waals surface area contributed by atoms with Crippen molar-refractivity contribution in [1.29, 1.82) is 0 Å². The van der Waals surface area contributed by atoms with Crippen LogP contribution in [0.3, 0.4) is 0 Å². The van der Waals surface area contributed by atoms with Gasteiger partial charge in [-0.05, 0) is 98.8 Å². The Hall–Kier alpha value is -0.0800. The molecule has 2 heteroatoms. The van der Waals surface area contributed by atoms with E-state index in [0.29, 0.717) is 16.5 Å².